The van der Waals surface area contributed by atoms with Gasteiger partial charge in [-0.05, 0) is 39.3 Å². The molecule has 0 spiro atoms. The van der Waals surface area contributed by atoms with Gasteiger partial charge in [0.25, 0.3) is 0 Å². The molecule has 1 unspecified atom stereocenters. The van der Waals surface area contributed by atoms with Crippen LogP contribution in [0, 0.1) is 0 Å². The summed E-state index contributed by atoms with van der Waals surface area (Å²) in [5.41, 5.74) is 0.235. The number of likely N-dealkylation sites (tertiary alicyclic amines) is 1. The zero-order valence-corrected chi connectivity index (χ0v) is 12.1. The van der Waals surface area contributed by atoms with Crippen molar-refractivity contribution in [3.63, 3.8) is 0 Å². The maximum Gasteiger partial charge on any atom is 0.410 e. The summed E-state index contributed by atoms with van der Waals surface area (Å²) in [6.45, 7) is 6.05. The van der Waals surface area contributed by atoms with Crippen LogP contribution in [0.3, 0.4) is 0 Å². The molecule has 20 heavy (non-hydrogen) atoms. The molecule has 1 amide bonds. The van der Waals surface area contributed by atoms with Gasteiger partial charge in [-0.25, -0.2) is 4.79 Å². The minimum absolute atomic E-state index is 0.0146. The maximum atomic E-state index is 12.2. The molecule has 1 aliphatic rings. The van der Waals surface area contributed by atoms with Gasteiger partial charge in [0.1, 0.15) is 5.60 Å². The monoisotopic (exact) mass is 276 g/mol. The van der Waals surface area contributed by atoms with Gasteiger partial charge in [-0.2, -0.15) is 0 Å². The highest BCUT2D eigenvalue weighted by molar-refractivity contribution is 5.90. The van der Waals surface area contributed by atoms with E-state index in [1.807, 2.05) is 39.0 Å². The van der Waals surface area contributed by atoms with Crippen LogP contribution < -0.4 is 0 Å². The molecule has 1 saturated heterocycles. The lowest BCUT2D eigenvalue weighted by molar-refractivity contribution is -0.124. The SMILES string of the molecule is CC(C)(C)OC(=O)N1CCC(c2ccccn2)C(=O)C1. The predicted octanol–water partition coefficient (Wildman–Crippen LogP) is 2.38. The Morgan fingerprint density at radius 1 is 1.40 bits per heavy atom. The van der Waals surface area contributed by atoms with Crippen molar-refractivity contribution in [2.24, 2.45) is 0 Å². The number of carbonyl (C=O) groups is 2. The average Bonchev–Trinajstić information content (AvgIpc) is 2.37. The molecule has 1 atom stereocenters. The van der Waals surface area contributed by atoms with Crippen molar-refractivity contribution in [3.8, 4) is 0 Å². The molecule has 1 aliphatic heterocycles. The number of hydrogen-bond donors (Lipinski definition) is 0. The molecule has 1 fully saturated rings. The third-order valence-electron chi connectivity index (χ3n) is 3.12. The van der Waals surface area contributed by atoms with E-state index in [9.17, 15) is 9.59 Å². The molecule has 0 aliphatic carbocycles. The Kier molecular flexibility index (Phi) is 4.06. The fraction of sp³-hybridized carbons (Fsp3) is 0.533. The number of ether oxygens (including phenoxy) is 1. The highest BCUT2D eigenvalue weighted by Gasteiger charge is 2.33. The van der Waals surface area contributed by atoms with E-state index in [0.717, 1.165) is 5.69 Å². The van der Waals surface area contributed by atoms with E-state index in [2.05, 4.69) is 4.98 Å². The van der Waals surface area contributed by atoms with Crippen LogP contribution in [0.5, 0.6) is 0 Å². The highest BCUT2D eigenvalue weighted by atomic mass is 16.6. The zero-order chi connectivity index (χ0) is 14.8. The predicted molar refractivity (Wildman–Crippen MR) is 74.4 cm³/mol. The number of ketones is 1. The number of pyridine rings is 1. The summed E-state index contributed by atoms with van der Waals surface area (Å²) in [5.74, 6) is -0.198. The van der Waals surface area contributed by atoms with Gasteiger partial charge in [0.15, 0.2) is 5.78 Å². The summed E-state index contributed by atoms with van der Waals surface area (Å²) >= 11 is 0. The summed E-state index contributed by atoms with van der Waals surface area (Å²) in [6, 6.07) is 5.55. The lowest BCUT2D eigenvalue weighted by atomic mass is 9.92. The summed E-state index contributed by atoms with van der Waals surface area (Å²) in [4.78, 5) is 29.8. The zero-order valence-electron chi connectivity index (χ0n) is 12.1. The van der Waals surface area contributed by atoms with Crippen LogP contribution in [0.2, 0.25) is 0 Å². The Morgan fingerprint density at radius 3 is 2.70 bits per heavy atom. The molecule has 1 aromatic heterocycles. The average molecular weight is 276 g/mol. The summed E-state index contributed by atoms with van der Waals surface area (Å²) < 4.78 is 5.29. The summed E-state index contributed by atoms with van der Waals surface area (Å²) in [6.07, 6.45) is 1.85. The van der Waals surface area contributed by atoms with E-state index in [4.69, 9.17) is 4.74 Å². The molecule has 0 radical (unpaired) electrons. The smallest absolute Gasteiger partial charge is 0.410 e. The van der Waals surface area contributed by atoms with Crippen molar-refractivity contribution in [2.75, 3.05) is 13.1 Å². The van der Waals surface area contributed by atoms with E-state index >= 15 is 0 Å². The molecule has 2 rings (SSSR count). The third kappa shape index (κ3) is 3.56. The van der Waals surface area contributed by atoms with E-state index in [1.165, 1.54) is 4.90 Å². The van der Waals surface area contributed by atoms with Gasteiger partial charge in [-0.3, -0.25) is 9.78 Å². The quantitative estimate of drug-likeness (QED) is 0.790. The fourth-order valence-electron chi connectivity index (χ4n) is 2.20. The van der Waals surface area contributed by atoms with E-state index in [1.54, 1.807) is 6.20 Å². The highest BCUT2D eigenvalue weighted by Crippen LogP contribution is 2.24. The first-order chi connectivity index (χ1) is 9.37. The number of rotatable bonds is 1. The van der Waals surface area contributed by atoms with Crippen LogP contribution in [-0.2, 0) is 9.53 Å². The van der Waals surface area contributed by atoms with Crippen molar-refractivity contribution >= 4 is 11.9 Å². The molecule has 0 N–H and O–H groups in total. The molecule has 0 saturated carbocycles. The molecule has 0 aromatic carbocycles. The van der Waals surface area contributed by atoms with Crippen LogP contribution in [0.25, 0.3) is 0 Å². The summed E-state index contributed by atoms with van der Waals surface area (Å²) in [7, 11) is 0. The number of nitrogens with zero attached hydrogens (tertiary/aromatic N) is 2. The third-order valence-corrected chi connectivity index (χ3v) is 3.12. The largest absolute Gasteiger partial charge is 0.444 e. The van der Waals surface area contributed by atoms with Crippen molar-refractivity contribution < 1.29 is 14.3 Å². The number of Topliss-reactive ketones (excluding diaryl/α,β-unsaturated/α-hetero) is 1. The van der Waals surface area contributed by atoms with Gasteiger partial charge in [-0.15, -0.1) is 0 Å². The molecule has 0 bridgehead atoms. The van der Waals surface area contributed by atoms with Gasteiger partial charge in [-0.1, -0.05) is 6.07 Å². The van der Waals surface area contributed by atoms with E-state index < -0.39 is 11.7 Å². The van der Waals surface area contributed by atoms with Crippen molar-refractivity contribution in [1.29, 1.82) is 0 Å². The standard InChI is InChI=1S/C15H20N2O3/c1-15(2,3)20-14(19)17-9-7-11(13(18)10-17)12-6-4-5-8-16-12/h4-6,8,11H,7,9-10H2,1-3H3. The van der Waals surface area contributed by atoms with Crippen LogP contribution in [-0.4, -0.2) is 40.5 Å². The van der Waals surface area contributed by atoms with Crippen LogP contribution in [0.15, 0.2) is 24.4 Å². The first kappa shape index (κ1) is 14.5. The van der Waals surface area contributed by atoms with Gasteiger partial charge in [0.2, 0.25) is 0 Å². The number of amides is 1. The molecular weight excluding hydrogens is 256 g/mol. The minimum Gasteiger partial charge on any atom is -0.444 e. The van der Waals surface area contributed by atoms with E-state index in [0.29, 0.717) is 13.0 Å². The number of piperidine rings is 1. The van der Waals surface area contributed by atoms with Gasteiger partial charge >= 0.3 is 6.09 Å². The molecular formula is C15H20N2O3. The van der Waals surface area contributed by atoms with Gasteiger partial charge in [0, 0.05) is 12.7 Å². The fourth-order valence-corrected chi connectivity index (χ4v) is 2.20. The minimum atomic E-state index is -0.544. The van der Waals surface area contributed by atoms with Crippen molar-refractivity contribution in [2.45, 2.75) is 38.7 Å². The van der Waals surface area contributed by atoms with Crippen LogP contribution >= 0.6 is 0 Å². The van der Waals surface area contributed by atoms with Crippen molar-refractivity contribution in [1.82, 2.24) is 9.88 Å². The number of aromatic nitrogens is 1. The Balaban J connectivity index is 1.99. The maximum absolute atomic E-state index is 12.2. The Labute approximate surface area is 118 Å². The first-order valence-electron chi connectivity index (χ1n) is 6.78. The van der Waals surface area contributed by atoms with E-state index in [-0.39, 0.29) is 18.2 Å². The van der Waals surface area contributed by atoms with Crippen LogP contribution in [0.1, 0.15) is 38.8 Å². The number of hydrogen-bond acceptors (Lipinski definition) is 4. The summed E-state index contributed by atoms with van der Waals surface area (Å²) in [5, 5.41) is 0. The van der Waals surface area contributed by atoms with Gasteiger partial charge in [0.05, 0.1) is 18.2 Å². The molecule has 108 valence electrons. The second-order valence-electron chi connectivity index (χ2n) is 5.96. The lowest BCUT2D eigenvalue weighted by Crippen LogP contribution is -2.45. The van der Waals surface area contributed by atoms with Crippen molar-refractivity contribution in [3.05, 3.63) is 30.1 Å². The Bertz CT molecular complexity index is 494. The molecule has 1 aromatic rings. The lowest BCUT2D eigenvalue weighted by Gasteiger charge is -2.32. The van der Waals surface area contributed by atoms with Crippen LogP contribution in [0.4, 0.5) is 4.79 Å². The first-order valence-corrected chi connectivity index (χ1v) is 6.78. The molecule has 5 nitrogen and oxygen atoms in total. The second kappa shape index (κ2) is 5.61. The molecule has 5 heteroatoms. The van der Waals surface area contributed by atoms with Gasteiger partial charge < -0.3 is 9.64 Å². The Hall–Kier alpha value is -1.91. The Morgan fingerprint density at radius 2 is 2.15 bits per heavy atom. The second-order valence-corrected chi connectivity index (χ2v) is 5.96. The number of carbonyl (C=O) groups excluding carboxylic acids is 2. The molecule has 2 heterocycles. The topological polar surface area (TPSA) is 59.5 Å². The normalized spacial score (nSPS) is 19.9.